The number of carbonyl (C=O) groups excluding carboxylic acids is 1. The van der Waals surface area contributed by atoms with Gasteiger partial charge in [-0.2, -0.15) is 0 Å². The molecule has 0 bridgehead atoms. The average Bonchev–Trinajstić information content (AvgIpc) is 2.69. The molecule has 0 aliphatic heterocycles. The normalized spacial score (nSPS) is 12.9. The van der Waals surface area contributed by atoms with Crippen LogP contribution in [0.4, 0.5) is 0 Å². The molecule has 1 heterocycles. The molecule has 0 fully saturated rings. The summed E-state index contributed by atoms with van der Waals surface area (Å²) in [6.07, 6.45) is 0. The van der Waals surface area contributed by atoms with E-state index in [1.165, 1.54) is 11.8 Å². The zero-order valence-corrected chi connectivity index (χ0v) is 13.3. The second kappa shape index (κ2) is 6.11. The quantitative estimate of drug-likeness (QED) is 0.869. The number of thioether (sulfide) groups is 1. The van der Waals surface area contributed by atoms with Gasteiger partial charge in [0.15, 0.2) is 4.34 Å². The first-order valence-electron chi connectivity index (χ1n) is 5.99. The Labute approximate surface area is 125 Å². The Balaban J connectivity index is 2.10. The van der Waals surface area contributed by atoms with E-state index in [1.807, 2.05) is 39.0 Å². The Kier molecular flexibility index (Phi) is 4.71. The fourth-order valence-corrected chi connectivity index (χ4v) is 3.90. The van der Waals surface area contributed by atoms with Gasteiger partial charge in [0.1, 0.15) is 0 Å². The molecule has 1 amide bonds. The first-order valence-corrected chi connectivity index (χ1v) is 8.06. The van der Waals surface area contributed by atoms with Crippen molar-refractivity contribution in [3.63, 3.8) is 0 Å². The van der Waals surface area contributed by atoms with E-state index in [1.54, 1.807) is 11.3 Å². The van der Waals surface area contributed by atoms with Crippen molar-refractivity contribution in [2.45, 2.75) is 36.4 Å². The molecule has 0 radical (unpaired) electrons. The molecule has 102 valence electrons. The largest absolute Gasteiger partial charge is 0.353 e. The van der Waals surface area contributed by atoms with Crippen molar-refractivity contribution in [3.8, 4) is 0 Å². The third kappa shape index (κ3) is 3.84. The molecule has 1 aromatic carbocycles. The van der Waals surface area contributed by atoms with Gasteiger partial charge in [-0.3, -0.25) is 4.79 Å². The zero-order chi connectivity index (χ0) is 14.0. The number of fused-ring (bicyclic) bond motifs is 1. The Morgan fingerprint density at radius 1 is 1.42 bits per heavy atom. The van der Waals surface area contributed by atoms with Gasteiger partial charge in [0.05, 0.1) is 15.5 Å². The van der Waals surface area contributed by atoms with Crippen molar-refractivity contribution in [2.75, 3.05) is 0 Å². The molecule has 6 heteroatoms. The van der Waals surface area contributed by atoms with Gasteiger partial charge in [0.2, 0.25) is 5.91 Å². The van der Waals surface area contributed by atoms with Crippen LogP contribution in [0.15, 0.2) is 22.5 Å². The highest BCUT2D eigenvalue weighted by Gasteiger charge is 2.17. The van der Waals surface area contributed by atoms with E-state index < -0.39 is 0 Å². The molecule has 0 saturated heterocycles. The van der Waals surface area contributed by atoms with Crippen LogP contribution < -0.4 is 5.32 Å². The van der Waals surface area contributed by atoms with Crippen molar-refractivity contribution in [1.29, 1.82) is 0 Å². The molecule has 2 aromatic rings. The maximum Gasteiger partial charge on any atom is 0.233 e. The van der Waals surface area contributed by atoms with Crippen LogP contribution in [0.2, 0.25) is 5.02 Å². The average molecular weight is 315 g/mol. The first kappa shape index (κ1) is 14.6. The van der Waals surface area contributed by atoms with Crippen LogP contribution in [-0.4, -0.2) is 22.2 Å². The fraction of sp³-hybridized carbons (Fsp3) is 0.385. The van der Waals surface area contributed by atoms with Crippen molar-refractivity contribution >= 4 is 50.8 Å². The van der Waals surface area contributed by atoms with Gasteiger partial charge in [-0.1, -0.05) is 23.4 Å². The van der Waals surface area contributed by atoms with Gasteiger partial charge >= 0.3 is 0 Å². The summed E-state index contributed by atoms with van der Waals surface area (Å²) in [4.78, 5) is 16.3. The lowest BCUT2D eigenvalue weighted by molar-refractivity contribution is -0.120. The maximum atomic E-state index is 11.9. The van der Waals surface area contributed by atoms with Crippen LogP contribution in [0.1, 0.15) is 20.8 Å². The van der Waals surface area contributed by atoms with E-state index >= 15 is 0 Å². The molecule has 0 aliphatic rings. The van der Waals surface area contributed by atoms with Crippen LogP contribution >= 0.6 is 34.7 Å². The maximum absolute atomic E-state index is 11.9. The number of benzene rings is 1. The summed E-state index contributed by atoms with van der Waals surface area (Å²) >= 11 is 9.00. The van der Waals surface area contributed by atoms with E-state index in [0.717, 1.165) is 14.6 Å². The summed E-state index contributed by atoms with van der Waals surface area (Å²) < 4.78 is 1.98. The van der Waals surface area contributed by atoms with Crippen molar-refractivity contribution in [1.82, 2.24) is 10.3 Å². The number of carbonyl (C=O) groups is 1. The summed E-state index contributed by atoms with van der Waals surface area (Å²) in [6.45, 7) is 5.80. The summed E-state index contributed by atoms with van der Waals surface area (Å²) in [6, 6.07) is 5.81. The predicted molar refractivity (Wildman–Crippen MR) is 83.2 cm³/mol. The molecule has 1 unspecified atom stereocenters. The third-order valence-electron chi connectivity index (χ3n) is 2.41. The van der Waals surface area contributed by atoms with E-state index in [0.29, 0.717) is 5.02 Å². The lowest BCUT2D eigenvalue weighted by atomic mass is 10.3. The minimum absolute atomic E-state index is 0.0392. The standard InChI is InChI=1S/C13H15ClN2OS2/c1-7(2)15-12(17)8(3)18-13-16-10-6-9(14)4-5-11(10)19-13/h4-8H,1-3H3,(H,15,17). The van der Waals surface area contributed by atoms with Crippen LogP contribution in [0, 0.1) is 0 Å². The van der Waals surface area contributed by atoms with E-state index in [2.05, 4.69) is 10.3 Å². The van der Waals surface area contributed by atoms with Crippen molar-refractivity contribution in [2.24, 2.45) is 0 Å². The minimum Gasteiger partial charge on any atom is -0.353 e. The Morgan fingerprint density at radius 3 is 2.84 bits per heavy atom. The number of halogens is 1. The van der Waals surface area contributed by atoms with Crippen LogP contribution in [0.5, 0.6) is 0 Å². The zero-order valence-electron chi connectivity index (χ0n) is 10.9. The molecule has 2 rings (SSSR count). The molecule has 19 heavy (non-hydrogen) atoms. The number of hydrogen-bond donors (Lipinski definition) is 1. The molecule has 0 aliphatic carbocycles. The molecule has 1 N–H and O–H groups in total. The summed E-state index contributed by atoms with van der Waals surface area (Å²) in [5.74, 6) is 0.0392. The lowest BCUT2D eigenvalue weighted by Gasteiger charge is -2.12. The Morgan fingerprint density at radius 2 is 2.16 bits per heavy atom. The molecule has 1 aromatic heterocycles. The molecule has 0 saturated carbocycles. The number of nitrogens with one attached hydrogen (secondary N) is 1. The van der Waals surface area contributed by atoms with Crippen LogP contribution in [0.25, 0.3) is 10.2 Å². The van der Waals surface area contributed by atoms with Crippen LogP contribution in [-0.2, 0) is 4.79 Å². The molecular weight excluding hydrogens is 300 g/mol. The van der Waals surface area contributed by atoms with Crippen LogP contribution in [0.3, 0.4) is 0 Å². The molecule has 3 nitrogen and oxygen atoms in total. The predicted octanol–water partition coefficient (Wildman–Crippen LogP) is 3.95. The van der Waals surface area contributed by atoms with E-state index in [-0.39, 0.29) is 17.2 Å². The number of amides is 1. The second-order valence-corrected chi connectivity index (χ2v) is 7.57. The van der Waals surface area contributed by atoms with Gasteiger partial charge in [-0.15, -0.1) is 11.3 Å². The second-order valence-electron chi connectivity index (χ2n) is 4.52. The Bertz CT molecular complexity index is 597. The van der Waals surface area contributed by atoms with Crippen molar-refractivity contribution in [3.05, 3.63) is 23.2 Å². The highest BCUT2D eigenvalue weighted by molar-refractivity contribution is 8.02. The van der Waals surface area contributed by atoms with E-state index in [9.17, 15) is 4.79 Å². The SMILES string of the molecule is CC(C)NC(=O)C(C)Sc1nc2cc(Cl)ccc2s1. The summed E-state index contributed by atoms with van der Waals surface area (Å²) in [5, 5.41) is 3.43. The fourth-order valence-electron chi connectivity index (χ4n) is 1.54. The molecule has 1 atom stereocenters. The van der Waals surface area contributed by atoms with Gasteiger partial charge in [-0.25, -0.2) is 4.98 Å². The van der Waals surface area contributed by atoms with Gasteiger partial charge in [0.25, 0.3) is 0 Å². The lowest BCUT2D eigenvalue weighted by Crippen LogP contribution is -2.35. The van der Waals surface area contributed by atoms with Gasteiger partial charge in [0, 0.05) is 11.1 Å². The monoisotopic (exact) mass is 314 g/mol. The molecule has 0 spiro atoms. The highest BCUT2D eigenvalue weighted by Crippen LogP contribution is 2.33. The smallest absolute Gasteiger partial charge is 0.233 e. The number of hydrogen-bond acceptors (Lipinski definition) is 4. The number of aromatic nitrogens is 1. The Hall–Kier alpha value is -0.780. The van der Waals surface area contributed by atoms with E-state index in [4.69, 9.17) is 11.6 Å². The topological polar surface area (TPSA) is 42.0 Å². The number of nitrogens with zero attached hydrogens (tertiary/aromatic N) is 1. The minimum atomic E-state index is -0.154. The van der Waals surface area contributed by atoms with Crippen molar-refractivity contribution < 1.29 is 4.79 Å². The summed E-state index contributed by atoms with van der Waals surface area (Å²) in [5.41, 5.74) is 0.886. The third-order valence-corrected chi connectivity index (χ3v) is 4.87. The summed E-state index contributed by atoms with van der Waals surface area (Å²) in [7, 11) is 0. The number of rotatable bonds is 4. The van der Waals surface area contributed by atoms with Gasteiger partial charge < -0.3 is 5.32 Å². The first-order chi connectivity index (χ1) is 8.95. The number of thiazole rings is 1. The highest BCUT2D eigenvalue weighted by atomic mass is 35.5. The molecular formula is C13H15ClN2OS2. The van der Waals surface area contributed by atoms with Gasteiger partial charge in [-0.05, 0) is 39.0 Å².